The van der Waals surface area contributed by atoms with E-state index in [1.165, 1.54) is 62.1 Å². The average Bonchev–Trinajstić information content (AvgIpc) is 2.84. The summed E-state index contributed by atoms with van der Waals surface area (Å²) in [6, 6.07) is 23.2. The van der Waals surface area contributed by atoms with Crippen molar-refractivity contribution in [2.75, 3.05) is 0 Å². The minimum atomic E-state index is -0.492. The molecule has 184 valence electrons. The van der Waals surface area contributed by atoms with Gasteiger partial charge in [0.1, 0.15) is 5.60 Å². The molecule has 35 heavy (non-hydrogen) atoms. The molecule has 0 fully saturated rings. The van der Waals surface area contributed by atoms with Crippen LogP contribution < -0.4 is 0 Å². The Kier molecular flexibility index (Phi) is 10.3. The van der Waals surface area contributed by atoms with Crippen molar-refractivity contribution in [3.05, 3.63) is 95.7 Å². The summed E-state index contributed by atoms with van der Waals surface area (Å²) in [5.74, 6) is -0.332. The summed E-state index contributed by atoms with van der Waals surface area (Å²) in [7, 11) is 0. The van der Waals surface area contributed by atoms with Crippen LogP contribution in [0.25, 0.3) is 17.3 Å². The predicted molar refractivity (Wildman–Crippen MR) is 146 cm³/mol. The second kappa shape index (κ2) is 13.6. The summed E-state index contributed by atoms with van der Waals surface area (Å²) in [5.41, 5.74) is 5.30. The molecule has 3 aromatic rings. The molecule has 0 unspecified atom stereocenters. The first kappa shape index (κ1) is 26.4. The summed E-state index contributed by atoms with van der Waals surface area (Å²) in [4.78, 5) is 16.7. The van der Waals surface area contributed by atoms with Gasteiger partial charge in [0, 0.05) is 17.8 Å². The number of rotatable bonds is 12. The molecule has 0 atom stereocenters. The predicted octanol–water partition coefficient (Wildman–Crippen LogP) is 8.23. The van der Waals surface area contributed by atoms with Crippen LogP contribution in [0.2, 0.25) is 0 Å². The standard InChI is InChI=1S/C32H39NO2/c1-32(2,3)35-30(34)23-22-27-18-13-20-29(25-27)31-28(21-14-24-33-31)19-12-7-5-4-6-9-15-26-16-10-8-11-17-26/h8,10-11,13-14,16-18,20-25H,4-7,9,12,15,19H2,1-3H3. The van der Waals surface area contributed by atoms with Crippen molar-refractivity contribution in [1.29, 1.82) is 0 Å². The molecule has 0 bridgehead atoms. The van der Waals surface area contributed by atoms with Gasteiger partial charge in [0.15, 0.2) is 0 Å². The van der Waals surface area contributed by atoms with Crippen molar-refractivity contribution in [2.45, 2.75) is 77.7 Å². The zero-order valence-electron chi connectivity index (χ0n) is 21.5. The van der Waals surface area contributed by atoms with Gasteiger partial charge in [-0.2, -0.15) is 0 Å². The Hall–Kier alpha value is -3.20. The van der Waals surface area contributed by atoms with Crippen LogP contribution in [0.1, 0.15) is 76.0 Å². The van der Waals surface area contributed by atoms with E-state index in [0.717, 1.165) is 23.2 Å². The van der Waals surface area contributed by atoms with E-state index in [1.807, 2.05) is 45.2 Å². The number of esters is 1. The van der Waals surface area contributed by atoms with Crippen LogP contribution in [0.5, 0.6) is 0 Å². The lowest BCUT2D eigenvalue weighted by Gasteiger charge is -2.17. The monoisotopic (exact) mass is 469 g/mol. The van der Waals surface area contributed by atoms with E-state index in [0.29, 0.717) is 0 Å². The number of hydrogen-bond donors (Lipinski definition) is 0. The maximum atomic E-state index is 12.0. The van der Waals surface area contributed by atoms with Gasteiger partial charge in [-0.1, -0.05) is 80.3 Å². The fourth-order valence-electron chi connectivity index (χ4n) is 4.19. The quantitative estimate of drug-likeness (QED) is 0.152. The molecule has 3 rings (SSSR count). The van der Waals surface area contributed by atoms with Gasteiger partial charge in [-0.3, -0.25) is 4.98 Å². The molecule has 0 saturated carbocycles. The Morgan fingerprint density at radius 1 is 0.829 bits per heavy atom. The molecule has 0 radical (unpaired) electrons. The van der Waals surface area contributed by atoms with Crippen molar-refractivity contribution >= 4 is 12.0 Å². The highest BCUT2D eigenvalue weighted by atomic mass is 16.6. The van der Waals surface area contributed by atoms with Gasteiger partial charge < -0.3 is 4.74 Å². The number of pyridine rings is 1. The maximum Gasteiger partial charge on any atom is 0.331 e. The second-order valence-corrected chi connectivity index (χ2v) is 10.1. The molecule has 1 heterocycles. The number of benzene rings is 2. The van der Waals surface area contributed by atoms with E-state index >= 15 is 0 Å². The average molecular weight is 470 g/mol. The first-order chi connectivity index (χ1) is 16.9. The Bertz CT molecular complexity index is 1080. The third-order valence-electron chi connectivity index (χ3n) is 5.87. The Labute approximate surface area is 211 Å². The van der Waals surface area contributed by atoms with Crippen LogP contribution in [0.4, 0.5) is 0 Å². The Balaban J connectivity index is 1.47. The van der Waals surface area contributed by atoms with E-state index in [2.05, 4.69) is 53.5 Å². The fraction of sp³-hybridized carbons (Fsp3) is 0.375. The summed E-state index contributed by atoms with van der Waals surface area (Å²) in [5, 5.41) is 0. The van der Waals surface area contributed by atoms with Crippen LogP contribution in [0, 0.1) is 0 Å². The van der Waals surface area contributed by atoms with Crippen LogP contribution in [-0.2, 0) is 22.4 Å². The zero-order chi connectivity index (χ0) is 24.9. The van der Waals surface area contributed by atoms with Gasteiger partial charge in [-0.15, -0.1) is 0 Å². The van der Waals surface area contributed by atoms with Gasteiger partial charge >= 0.3 is 5.97 Å². The van der Waals surface area contributed by atoms with E-state index in [9.17, 15) is 4.79 Å². The largest absolute Gasteiger partial charge is 0.457 e. The highest BCUT2D eigenvalue weighted by molar-refractivity contribution is 5.87. The molecule has 0 saturated heterocycles. The van der Waals surface area contributed by atoms with Crippen molar-refractivity contribution in [2.24, 2.45) is 0 Å². The lowest BCUT2D eigenvalue weighted by Crippen LogP contribution is -2.22. The first-order valence-corrected chi connectivity index (χ1v) is 12.9. The summed E-state index contributed by atoms with van der Waals surface area (Å²) in [6.45, 7) is 5.61. The van der Waals surface area contributed by atoms with Crippen molar-refractivity contribution in [3.63, 3.8) is 0 Å². The molecular formula is C32H39NO2. The summed E-state index contributed by atoms with van der Waals surface area (Å²) >= 11 is 0. The number of aromatic nitrogens is 1. The zero-order valence-corrected chi connectivity index (χ0v) is 21.5. The van der Waals surface area contributed by atoms with E-state index in [1.54, 1.807) is 6.08 Å². The van der Waals surface area contributed by atoms with Gasteiger partial charge in [0.25, 0.3) is 0 Å². The fourth-order valence-corrected chi connectivity index (χ4v) is 4.19. The molecule has 3 heteroatoms. The third kappa shape index (κ3) is 9.90. The Morgan fingerprint density at radius 3 is 2.29 bits per heavy atom. The summed E-state index contributed by atoms with van der Waals surface area (Å²) < 4.78 is 5.36. The van der Waals surface area contributed by atoms with Crippen LogP contribution in [0.15, 0.2) is 79.0 Å². The van der Waals surface area contributed by atoms with Crippen molar-refractivity contribution in [3.8, 4) is 11.3 Å². The molecule has 2 aromatic carbocycles. The third-order valence-corrected chi connectivity index (χ3v) is 5.87. The van der Waals surface area contributed by atoms with E-state index in [-0.39, 0.29) is 5.97 Å². The molecule has 0 aliphatic rings. The topological polar surface area (TPSA) is 39.2 Å². The molecular weight excluding hydrogens is 430 g/mol. The SMILES string of the molecule is CC(C)(C)OC(=O)C=Cc1cccc(-c2ncccc2CCCCCCCCc2ccccc2)c1. The number of unbranched alkanes of at least 4 members (excludes halogenated alkanes) is 5. The molecule has 0 amide bonds. The van der Waals surface area contributed by atoms with Crippen molar-refractivity contribution < 1.29 is 9.53 Å². The highest BCUT2D eigenvalue weighted by Crippen LogP contribution is 2.24. The first-order valence-electron chi connectivity index (χ1n) is 12.9. The second-order valence-electron chi connectivity index (χ2n) is 10.1. The minimum Gasteiger partial charge on any atom is -0.457 e. The maximum absolute atomic E-state index is 12.0. The van der Waals surface area contributed by atoms with Crippen LogP contribution >= 0.6 is 0 Å². The van der Waals surface area contributed by atoms with Gasteiger partial charge in [0.05, 0.1) is 5.69 Å². The minimum absolute atomic E-state index is 0.332. The number of carbonyl (C=O) groups excluding carboxylic acids is 1. The lowest BCUT2D eigenvalue weighted by molar-refractivity contribution is -0.148. The molecule has 0 aliphatic carbocycles. The molecule has 3 nitrogen and oxygen atoms in total. The normalized spacial score (nSPS) is 11.6. The molecule has 0 N–H and O–H groups in total. The van der Waals surface area contributed by atoms with Gasteiger partial charge in [-0.25, -0.2) is 4.79 Å². The van der Waals surface area contributed by atoms with Gasteiger partial charge in [-0.05, 0) is 81.4 Å². The van der Waals surface area contributed by atoms with E-state index in [4.69, 9.17) is 4.74 Å². The van der Waals surface area contributed by atoms with Gasteiger partial charge in [0.2, 0.25) is 0 Å². The molecule has 0 aliphatic heterocycles. The highest BCUT2D eigenvalue weighted by Gasteiger charge is 2.14. The molecule has 1 aromatic heterocycles. The lowest BCUT2D eigenvalue weighted by atomic mass is 9.98. The number of hydrogen-bond acceptors (Lipinski definition) is 3. The smallest absolute Gasteiger partial charge is 0.331 e. The number of nitrogens with zero attached hydrogens (tertiary/aromatic N) is 1. The number of ether oxygens (including phenoxy) is 1. The Morgan fingerprint density at radius 2 is 1.54 bits per heavy atom. The van der Waals surface area contributed by atoms with Crippen molar-refractivity contribution in [1.82, 2.24) is 4.98 Å². The van der Waals surface area contributed by atoms with Crippen LogP contribution in [0.3, 0.4) is 0 Å². The molecule has 0 spiro atoms. The number of carbonyl (C=O) groups is 1. The van der Waals surface area contributed by atoms with Crippen LogP contribution in [-0.4, -0.2) is 16.6 Å². The summed E-state index contributed by atoms with van der Waals surface area (Å²) in [6.07, 6.45) is 15.0. The van der Waals surface area contributed by atoms with E-state index < -0.39 is 5.60 Å². The number of aryl methyl sites for hydroxylation is 2.